The largest absolute Gasteiger partial charge is 0.460 e. The number of Topliss-reactive ketones (excluding diaryl/α,β-unsaturated/α-hetero) is 1. The number of nitrogens with one attached hydrogen (secondary N) is 1. The number of benzene rings is 2. The molecule has 1 heterocycles. The fourth-order valence-electron chi connectivity index (χ4n) is 4.58. The van der Waals surface area contributed by atoms with E-state index in [2.05, 4.69) is 5.32 Å². The number of hydrogen-bond donors (Lipinski definition) is 1. The van der Waals surface area contributed by atoms with Crippen molar-refractivity contribution in [1.29, 1.82) is 0 Å². The number of ketones is 1. The third-order valence-electron chi connectivity index (χ3n) is 5.95. The molecular weight excluding hydrogens is 429 g/mol. The number of allylic oxidation sites excluding steroid dienone is 3. The van der Waals surface area contributed by atoms with Gasteiger partial charge in [0, 0.05) is 34.0 Å². The summed E-state index contributed by atoms with van der Waals surface area (Å²) >= 11 is 6.02. The third-order valence-corrected chi connectivity index (χ3v) is 6.20. The topological polar surface area (TPSA) is 55.4 Å². The van der Waals surface area contributed by atoms with E-state index in [1.54, 1.807) is 39.0 Å². The lowest BCUT2D eigenvalue weighted by atomic mass is 9.71. The summed E-state index contributed by atoms with van der Waals surface area (Å²) in [6, 6.07) is 13.8. The predicted molar refractivity (Wildman–Crippen MR) is 122 cm³/mol. The van der Waals surface area contributed by atoms with Gasteiger partial charge in [-0.3, -0.25) is 4.79 Å². The van der Waals surface area contributed by atoms with E-state index in [4.69, 9.17) is 16.3 Å². The summed E-state index contributed by atoms with van der Waals surface area (Å²) in [5, 5.41) is 3.91. The van der Waals surface area contributed by atoms with E-state index >= 15 is 0 Å². The number of esters is 1. The van der Waals surface area contributed by atoms with E-state index in [9.17, 15) is 14.0 Å². The molecule has 0 radical (unpaired) electrons. The molecule has 6 heteroatoms. The summed E-state index contributed by atoms with van der Waals surface area (Å²) in [6.07, 6.45) is 0.520. The molecule has 0 bridgehead atoms. The number of carbonyl (C=O) groups is 2. The number of rotatable bonds is 4. The maximum atomic E-state index is 14.9. The van der Waals surface area contributed by atoms with Crippen LogP contribution < -0.4 is 5.32 Å². The molecule has 0 saturated carbocycles. The molecule has 4 rings (SSSR count). The first-order chi connectivity index (χ1) is 15.3. The van der Waals surface area contributed by atoms with E-state index in [0.717, 1.165) is 11.3 Å². The van der Waals surface area contributed by atoms with Crippen LogP contribution in [0.2, 0.25) is 5.02 Å². The molecule has 0 fully saturated rings. The fraction of sp³-hybridized carbons (Fsp3) is 0.308. The van der Waals surface area contributed by atoms with E-state index < -0.39 is 17.7 Å². The molecule has 1 aliphatic heterocycles. The van der Waals surface area contributed by atoms with E-state index in [1.165, 1.54) is 6.07 Å². The number of dihydropyridines is 1. The van der Waals surface area contributed by atoms with Crippen molar-refractivity contribution in [3.8, 4) is 0 Å². The second kappa shape index (κ2) is 8.91. The lowest BCUT2D eigenvalue weighted by Crippen LogP contribution is -2.36. The smallest absolute Gasteiger partial charge is 0.337 e. The average Bonchev–Trinajstić information content (AvgIpc) is 2.73. The highest BCUT2D eigenvalue weighted by molar-refractivity contribution is 6.30. The summed E-state index contributed by atoms with van der Waals surface area (Å²) in [4.78, 5) is 26.5. The molecule has 0 saturated heterocycles. The first-order valence-electron chi connectivity index (χ1n) is 10.7. The van der Waals surface area contributed by atoms with Crippen molar-refractivity contribution in [3.05, 3.63) is 93.0 Å². The summed E-state index contributed by atoms with van der Waals surface area (Å²) in [7, 11) is 0. The maximum absolute atomic E-state index is 14.9. The van der Waals surface area contributed by atoms with Gasteiger partial charge in [-0.25, -0.2) is 9.18 Å². The maximum Gasteiger partial charge on any atom is 0.337 e. The van der Waals surface area contributed by atoms with Gasteiger partial charge in [-0.2, -0.15) is 0 Å². The van der Waals surface area contributed by atoms with Crippen molar-refractivity contribution in [3.63, 3.8) is 0 Å². The standard InChI is InChI=1S/C26H25ClFNO3/c1-14(2)32-26(31)23-15(3)29-21-12-17(16-8-10-18(27)11-9-16)13-22(30)25(21)24(23)19-6-4-5-7-20(19)28/h4-11,14,17,24,29H,12-13H2,1-3H3/t17-,24-/m1/s1. The van der Waals surface area contributed by atoms with Crippen LogP contribution in [0.4, 0.5) is 4.39 Å². The van der Waals surface area contributed by atoms with Gasteiger partial charge < -0.3 is 10.1 Å². The Morgan fingerprint density at radius 3 is 2.47 bits per heavy atom. The van der Waals surface area contributed by atoms with Gasteiger partial charge in [-0.05, 0) is 56.9 Å². The fourth-order valence-corrected chi connectivity index (χ4v) is 4.70. The number of hydrogen-bond acceptors (Lipinski definition) is 4. The van der Waals surface area contributed by atoms with Crippen LogP contribution in [0.1, 0.15) is 56.6 Å². The van der Waals surface area contributed by atoms with Crippen LogP contribution in [0.25, 0.3) is 0 Å². The van der Waals surface area contributed by atoms with Crippen molar-refractivity contribution < 1.29 is 18.7 Å². The Balaban J connectivity index is 1.80. The van der Waals surface area contributed by atoms with Crippen LogP contribution in [0.5, 0.6) is 0 Å². The molecule has 0 aromatic heterocycles. The Hall–Kier alpha value is -2.92. The van der Waals surface area contributed by atoms with Crippen LogP contribution in [0, 0.1) is 5.82 Å². The van der Waals surface area contributed by atoms with Crippen molar-refractivity contribution in [2.45, 2.75) is 51.6 Å². The van der Waals surface area contributed by atoms with Gasteiger partial charge in [-0.15, -0.1) is 0 Å². The minimum absolute atomic E-state index is 0.0238. The number of ether oxygens (including phenoxy) is 1. The Labute approximate surface area is 192 Å². The van der Waals surface area contributed by atoms with Gasteiger partial charge in [0.15, 0.2) is 5.78 Å². The van der Waals surface area contributed by atoms with Crippen LogP contribution in [0.3, 0.4) is 0 Å². The zero-order valence-corrected chi connectivity index (χ0v) is 19.0. The molecule has 0 spiro atoms. The van der Waals surface area contributed by atoms with Crippen molar-refractivity contribution in [1.82, 2.24) is 5.32 Å². The second-order valence-electron chi connectivity index (χ2n) is 8.54. The SMILES string of the molecule is CC1=C(C(=O)OC(C)C)[C@@H](c2ccccc2F)C2=C(C[C@@H](c3ccc(Cl)cc3)CC2=O)N1. The van der Waals surface area contributed by atoms with Gasteiger partial charge in [0.25, 0.3) is 0 Å². The first kappa shape index (κ1) is 22.3. The van der Waals surface area contributed by atoms with Crippen LogP contribution in [-0.4, -0.2) is 17.9 Å². The number of carbonyl (C=O) groups excluding carboxylic acids is 2. The molecule has 4 nitrogen and oxygen atoms in total. The van der Waals surface area contributed by atoms with Crippen molar-refractivity contribution in [2.75, 3.05) is 0 Å². The molecule has 32 heavy (non-hydrogen) atoms. The summed E-state index contributed by atoms with van der Waals surface area (Å²) < 4.78 is 20.4. The Morgan fingerprint density at radius 2 is 1.81 bits per heavy atom. The Morgan fingerprint density at radius 1 is 1.12 bits per heavy atom. The molecule has 2 aliphatic rings. The zero-order chi connectivity index (χ0) is 23.0. The Bertz CT molecular complexity index is 1130. The second-order valence-corrected chi connectivity index (χ2v) is 8.98. The quantitative estimate of drug-likeness (QED) is 0.595. The highest BCUT2D eigenvalue weighted by Gasteiger charge is 2.42. The molecule has 1 N–H and O–H groups in total. The van der Waals surface area contributed by atoms with E-state index in [0.29, 0.717) is 28.3 Å². The summed E-state index contributed by atoms with van der Waals surface area (Å²) in [5.41, 5.74) is 3.35. The van der Waals surface area contributed by atoms with Crippen molar-refractivity contribution in [2.24, 2.45) is 0 Å². The van der Waals surface area contributed by atoms with Gasteiger partial charge in [-0.1, -0.05) is 41.9 Å². The molecule has 166 valence electrons. The van der Waals surface area contributed by atoms with Gasteiger partial charge in [0.1, 0.15) is 5.82 Å². The van der Waals surface area contributed by atoms with Gasteiger partial charge >= 0.3 is 5.97 Å². The summed E-state index contributed by atoms with van der Waals surface area (Å²) in [6.45, 7) is 5.29. The lowest BCUT2D eigenvalue weighted by molar-refractivity contribution is -0.143. The highest BCUT2D eigenvalue weighted by Crippen LogP contribution is 2.46. The minimum Gasteiger partial charge on any atom is -0.460 e. The highest BCUT2D eigenvalue weighted by atomic mass is 35.5. The molecule has 2 atom stereocenters. The molecule has 0 amide bonds. The van der Waals surface area contributed by atoms with Gasteiger partial charge in [0.2, 0.25) is 0 Å². The number of halogens is 2. The molecule has 1 aliphatic carbocycles. The predicted octanol–water partition coefficient (Wildman–Crippen LogP) is 5.79. The van der Waals surface area contributed by atoms with Gasteiger partial charge in [0.05, 0.1) is 17.6 Å². The lowest BCUT2D eigenvalue weighted by Gasteiger charge is -2.37. The van der Waals surface area contributed by atoms with E-state index in [-0.39, 0.29) is 29.8 Å². The third kappa shape index (κ3) is 4.22. The summed E-state index contributed by atoms with van der Waals surface area (Å²) in [5.74, 6) is -1.94. The van der Waals surface area contributed by atoms with E-state index in [1.807, 2.05) is 24.3 Å². The first-order valence-corrected chi connectivity index (χ1v) is 11.1. The molecular formula is C26H25ClFNO3. The van der Waals surface area contributed by atoms with Crippen LogP contribution in [0.15, 0.2) is 71.1 Å². The normalized spacial score (nSPS) is 20.9. The minimum atomic E-state index is -0.808. The van der Waals surface area contributed by atoms with Crippen LogP contribution in [-0.2, 0) is 14.3 Å². The molecule has 0 unspecified atom stereocenters. The molecule has 2 aromatic rings. The average molecular weight is 454 g/mol. The van der Waals surface area contributed by atoms with Crippen LogP contribution >= 0.6 is 11.6 Å². The monoisotopic (exact) mass is 453 g/mol. The Kier molecular flexibility index (Phi) is 6.20. The van der Waals surface area contributed by atoms with Crippen molar-refractivity contribution >= 4 is 23.4 Å². The zero-order valence-electron chi connectivity index (χ0n) is 18.2. The molecule has 2 aromatic carbocycles.